The third kappa shape index (κ3) is 3.43. The number of amides is 2. The number of carbonyl (C=O) groups is 2. The number of aliphatic hydroxyl groups excluding tert-OH is 1. The molecule has 6 heteroatoms. The molecule has 0 aromatic rings. The van der Waals surface area contributed by atoms with Gasteiger partial charge in [0.05, 0.1) is 18.2 Å². The predicted molar refractivity (Wildman–Crippen MR) is 93.3 cm³/mol. The first-order chi connectivity index (χ1) is 12.0. The van der Waals surface area contributed by atoms with Crippen LogP contribution in [0, 0.1) is 0 Å². The summed E-state index contributed by atoms with van der Waals surface area (Å²) >= 11 is 0. The van der Waals surface area contributed by atoms with Gasteiger partial charge in [0, 0.05) is 0 Å². The predicted octanol–water partition coefficient (Wildman–Crippen LogP) is 2.13. The molecule has 2 amide bonds. The summed E-state index contributed by atoms with van der Waals surface area (Å²) in [5.41, 5.74) is -1.89. The van der Waals surface area contributed by atoms with Crippen LogP contribution in [0.1, 0.15) is 84.0 Å². The highest BCUT2D eigenvalue weighted by molar-refractivity contribution is 6.12. The summed E-state index contributed by atoms with van der Waals surface area (Å²) in [7, 11) is 0. The minimum Gasteiger partial charge on any atom is -0.393 e. The number of hydrogen-bond acceptors (Lipinski definition) is 4. The van der Waals surface area contributed by atoms with Crippen LogP contribution in [0.15, 0.2) is 0 Å². The van der Waals surface area contributed by atoms with Gasteiger partial charge in [-0.3, -0.25) is 9.59 Å². The molecule has 0 radical (unpaired) electrons. The summed E-state index contributed by atoms with van der Waals surface area (Å²) in [5, 5.41) is 24.0. The van der Waals surface area contributed by atoms with Crippen LogP contribution in [-0.4, -0.2) is 55.8 Å². The van der Waals surface area contributed by atoms with Crippen molar-refractivity contribution < 1.29 is 19.8 Å². The van der Waals surface area contributed by atoms with E-state index in [1.165, 1.54) is 6.42 Å². The lowest BCUT2D eigenvalue weighted by atomic mass is 9.91. The molecule has 1 aliphatic heterocycles. The van der Waals surface area contributed by atoms with E-state index < -0.39 is 17.4 Å². The van der Waals surface area contributed by atoms with Gasteiger partial charge in [-0.15, -0.1) is 0 Å². The van der Waals surface area contributed by atoms with Gasteiger partial charge in [-0.05, 0) is 51.4 Å². The topological polar surface area (TPSA) is 81.1 Å². The van der Waals surface area contributed by atoms with E-state index in [0.29, 0.717) is 32.1 Å². The monoisotopic (exact) mass is 352 g/mol. The van der Waals surface area contributed by atoms with Crippen LogP contribution in [0.2, 0.25) is 0 Å². The van der Waals surface area contributed by atoms with E-state index in [0.717, 1.165) is 32.1 Å². The summed E-state index contributed by atoms with van der Waals surface area (Å²) in [6.07, 6.45) is 9.14. The maximum absolute atomic E-state index is 13.1. The Kier molecular flexibility index (Phi) is 5.68. The van der Waals surface area contributed by atoms with E-state index in [1.54, 1.807) is 10.0 Å². The zero-order valence-electron chi connectivity index (χ0n) is 15.3. The molecule has 3 aliphatic rings. The van der Waals surface area contributed by atoms with Crippen LogP contribution in [-0.2, 0) is 9.59 Å². The zero-order valence-corrected chi connectivity index (χ0v) is 15.3. The summed E-state index contributed by atoms with van der Waals surface area (Å²) in [6.45, 7) is 1.99. The molecule has 6 nitrogen and oxygen atoms in total. The van der Waals surface area contributed by atoms with Gasteiger partial charge in [0.2, 0.25) is 5.60 Å². The third-order valence-corrected chi connectivity index (χ3v) is 6.18. The first kappa shape index (κ1) is 18.6. The molecule has 2 N–H and O–H groups in total. The maximum Gasteiger partial charge on any atom is 0.283 e. The standard InChI is InChI=1S/C19H32N2O4/c1-2-3-13-19(25)17(23)20(14-7-5-4-6-8-14)21(18(19)24)15-9-11-16(22)12-10-15/h14-16,22,25H,2-13H2,1H3. The second-order valence-electron chi connectivity index (χ2n) is 8.02. The molecule has 3 fully saturated rings. The molecule has 0 bridgehead atoms. The Balaban J connectivity index is 1.87. The first-order valence-corrected chi connectivity index (χ1v) is 10.1. The Labute approximate surface area is 150 Å². The Morgan fingerprint density at radius 1 is 0.920 bits per heavy atom. The lowest BCUT2D eigenvalue weighted by Gasteiger charge is -2.42. The molecule has 3 rings (SSSR count). The number of nitrogens with zero attached hydrogens (tertiary/aromatic N) is 2. The van der Waals surface area contributed by atoms with E-state index in [9.17, 15) is 19.8 Å². The van der Waals surface area contributed by atoms with E-state index in [-0.39, 0.29) is 24.6 Å². The summed E-state index contributed by atoms with van der Waals surface area (Å²) in [5.74, 6) is -0.845. The molecule has 1 atom stereocenters. The smallest absolute Gasteiger partial charge is 0.283 e. The van der Waals surface area contributed by atoms with Crippen molar-refractivity contribution in [2.75, 3.05) is 0 Å². The first-order valence-electron chi connectivity index (χ1n) is 10.1. The molecule has 1 saturated heterocycles. The summed E-state index contributed by atoms with van der Waals surface area (Å²) < 4.78 is 0. The lowest BCUT2D eigenvalue weighted by Crippen LogP contribution is -2.53. The van der Waals surface area contributed by atoms with E-state index in [1.807, 2.05) is 6.92 Å². The van der Waals surface area contributed by atoms with Crippen molar-refractivity contribution in [2.24, 2.45) is 0 Å². The van der Waals surface area contributed by atoms with Crippen LogP contribution in [0.3, 0.4) is 0 Å². The van der Waals surface area contributed by atoms with E-state index in [2.05, 4.69) is 0 Å². The van der Waals surface area contributed by atoms with Crippen molar-refractivity contribution in [3.8, 4) is 0 Å². The number of hydrazine groups is 1. The van der Waals surface area contributed by atoms with Crippen LogP contribution in [0.4, 0.5) is 0 Å². The van der Waals surface area contributed by atoms with Gasteiger partial charge in [0.1, 0.15) is 0 Å². The largest absolute Gasteiger partial charge is 0.393 e. The minimum absolute atomic E-state index is 0.0210. The molecule has 1 heterocycles. The fourth-order valence-corrected chi connectivity index (χ4v) is 4.62. The fraction of sp³-hybridized carbons (Fsp3) is 0.895. The molecule has 0 aromatic heterocycles. The van der Waals surface area contributed by atoms with Crippen LogP contribution < -0.4 is 0 Å². The second-order valence-corrected chi connectivity index (χ2v) is 8.02. The highest BCUT2D eigenvalue weighted by Gasteiger charge is 2.60. The van der Waals surface area contributed by atoms with Gasteiger partial charge in [-0.25, -0.2) is 10.0 Å². The Morgan fingerprint density at radius 2 is 1.44 bits per heavy atom. The number of hydrogen-bond donors (Lipinski definition) is 2. The van der Waals surface area contributed by atoms with Crippen molar-refractivity contribution in [2.45, 2.75) is 108 Å². The molecule has 2 saturated carbocycles. The highest BCUT2D eigenvalue weighted by atomic mass is 16.3. The van der Waals surface area contributed by atoms with Crippen molar-refractivity contribution in [3.63, 3.8) is 0 Å². The molecule has 2 aliphatic carbocycles. The van der Waals surface area contributed by atoms with Crippen LogP contribution in [0.25, 0.3) is 0 Å². The Bertz CT molecular complexity index is 498. The number of carbonyl (C=O) groups excluding carboxylic acids is 2. The van der Waals surface area contributed by atoms with Gasteiger partial charge in [0.25, 0.3) is 11.8 Å². The van der Waals surface area contributed by atoms with Crippen molar-refractivity contribution in [1.29, 1.82) is 0 Å². The Hall–Kier alpha value is -1.14. The average Bonchev–Trinajstić information content (AvgIpc) is 2.83. The van der Waals surface area contributed by atoms with Gasteiger partial charge in [-0.1, -0.05) is 32.6 Å². The lowest BCUT2D eigenvalue weighted by molar-refractivity contribution is -0.161. The minimum atomic E-state index is -1.89. The van der Waals surface area contributed by atoms with Crippen LogP contribution >= 0.6 is 0 Å². The number of unbranched alkanes of at least 4 members (excludes halogenated alkanes) is 1. The average molecular weight is 352 g/mol. The SMILES string of the molecule is CCCCC1(O)C(=O)N(C2CCCCC2)N(C2CCC(O)CC2)C1=O. The molecule has 1 unspecified atom stereocenters. The summed E-state index contributed by atoms with van der Waals surface area (Å²) in [6, 6.07) is -0.0647. The fourth-order valence-electron chi connectivity index (χ4n) is 4.62. The molecule has 25 heavy (non-hydrogen) atoms. The maximum atomic E-state index is 13.1. The quantitative estimate of drug-likeness (QED) is 0.743. The van der Waals surface area contributed by atoms with Gasteiger partial charge in [0.15, 0.2) is 0 Å². The third-order valence-electron chi connectivity index (χ3n) is 6.18. The van der Waals surface area contributed by atoms with Gasteiger partial charge < -0.3 is 10.2 Å². The zero-order chi connectivity index (χ0) is 18.0. The van der Waals surface area contributed by atoms with E-state index in [4.69, 9.17) is 0 Å². The van der Waals surface area contributed by atoms with Crippen molar-refractivity contribution >= 4 is 11.8 Å². The normalized spacial score (nSPS) is 34.8. The highest BCUT2D eigenvalue weighted by Crippen LogP contribution is 2.38. The van der Waals surface area contributed by atoms with Crippen LogP contribution in [0.5, 0.6) is 0 Å². The number of aliphatic hydroxyl groups is 2. The molecule has 0 spiro atoms. The molecule has 142 valence electrons. The van der Waals surface area contributed by atoms with E-state index >= 15 is 0 Å². The molecule has 0 aromatic carbocycles. The molecular formula is C19H32N2O4. The van der Waals surface area contributed by atoms with Crippen molar-refractivity contribution in [1.82, 2.24) is 10.0 Å². The molecular weight excluding hydrogens is 320 g/mol. The Morgan fingerprint density at radius 3 is 1.96 bits per heavy atom. The summed E-state index contributed by atoms with van der Waals surface area (Å²) in [4.78, 5) is 26.3. The van der Waals surface area contributed by atoms with Gasteiger partial charge >= 0.3 is 0 Å². The second kappa shape index (κ2) is 7.62. The van der Waals surface area contributed by atoms with Crippen molar-refractivity contribution in [3.05, 3.63) is 0 Å². The number of rotatable bonds is 5. The van der Waals surface area contributed by atoms with Gasteiger partial charge in [-0.2, -0.15) is 0 Å².